The van der Waals surface area contributed by atoms with Crippen molar-refractivity contribution in [2.75, 3.05) is 50.7 Å². The molecule has 0 aliphatic carbocycles. The number of aryl methyl sites for hydroxylation is 1. The lowest BCUT2D eigenvalue weighted by molar-refractivity contribution is 0.103. The fraction of sp³-hybridized carbons (Fsp3) is 0.381. The van der Waals surface area contributed by atoms with Gasteiger partial charge >= 0.3 is 0 Å². The van der Waals surface area contributed by atoms with Crippen LogP contribution in [0, 0.1) is 12.7 Å². The van der Waals surface area contributed by atoms with Gasteiger partial charge < -0.3 is 24.4 Å². The quantitative estimate of drug-likeness (QED) is 0.621. The van der Waals surface area contributed by atoms with Crippen molar-refractivity contribution in [3.8, 4) is 5.88 Å². The maximum atomic E-state index is 14.7. The number of anilines is 2. The molecule has 3 aromatic rings. The van der Waals surface area contributed by atoms with Gasteiger partial charge in [-0.3, -0.25) is 4.79 Å². The summed E-state index contributed by atoms with van der Waals surface area (Å²) in [5.74, 6) is 0.144. The fourth-order valence-corrected chi connectivity index (χ4v) is 4.62. The topological polar surface area (TPSA) is 85.8 Å². The summed E-state index contributed by atoms with van der Waals surface area (Å²) in [5.41, 5.74) is 1.60. The van der Waals surface area contributed by atoms with Gasteiger partial charge in [-0.25, -0.2) is 9.37 Å². The van der Waals surface area contributed by atoms with Crippen LogP contribution in [0.3, 0.4) is 0 Å². The van der Waals surface area contributed by atoms with Gasteiger partial charge in [-0.15, -0.1) is 11.3 Å². The molecule has 0 bridgehead atoms. The van der Waals surface area contributed by atoms with Crippen LogP contribution in [0.25, 0.3) is 10.2 Å². The SMILES string of the molecule is COCc1nc(OC)c2c(C)c(C(=O)Nc3ccc(N4CCOCC4)c(F)c3)sc2n1. The summed E-state index contributed by atoms with van der Waals surface area (Å²) < 4.78 is 30.5. The number of benzene rings is 1. The monoisotopic (exact) mass is 446 g/mol. The minimum atomic E-state index is -0.385. The van der Waals surface area contributed by atoms with Crippen molar-refractivity contribution >= 4 is 38.8 Å². The van der Waals surface area contributed by atoms with E-state index in [2.05, 4.69) is 15.3 Å². The molecule has 1 saturated heterocycles. The zero-order chi connectivity index (χ0) is 22.0. The number of hydrogen-bond donors (Lipinski definition) is 1. The van der Waals surface area contributed by atoms with Gasteiger partial charge in [0.15, 0.2) is 5.82 Å². The molecule has 0 radical (unpaired) electrons. The number of amides is 1. The van der Waals surface area contributed by atoms with Crippen LogP contribution in [-0.4, -0.2) is 56.4 Å². The van der Waals surface area contributed by atoms with Crippen molar-refractivity contribution in [3.63, 3.8) is 0 Å². The first-order valence-corrected chi connectivity index (χ1v) is 10.6. The predicted octanol–water partition coefficient (Wildman–Crippen LogP) is 3.38. The molecule has 1 aromatic carbocycles. The van der Waals surface area contributed by atoms with Crippen LogP contribution in [-0.2, 0) is 16.1 Å². The van der Waals surface area contributed by atoms with Crippen molar-refractivity contribution in [1.29, 1.82) is 0 Å². The summed E-state index contributed by atoms with van der Waals surface area (Å²) >= 11 is 1.24. The number of aromatic nitrogens is 2. The summed E-state index contributed by atoms with van der Waals surface area (Å²) in [6.45, 7) is 4.47. The Morgan fingerprint density at radius 3 is 2.74 bits per heavy atom. The van der Waals surface area contributed by atoms with Crippen molar-refractivity contribution in [1.82, 2.24) is 9.97 Å². The highest BCUT2D eigenvalue weighted by molar-refractivity contribution is 7.20. The molecular weight excluding hydrogens is 423 g/mol. The van der Waals surface area contributed by atoms with Gasteiger partial charge in [0.05, 0.1) is 36.3 Å². The lowest BCUT2D eigenvalue weighted by Gasteiger charge is -2.29. The molecular formula is C21H23FN4O4S. The predicted molar refractivity (Wildman–Crippen MR) is 117 cm³/mol. The van der Waals surface area contributed by atoms with Crippen LogP contribution in [0.5, 0.6) is 5.88 Å². The van der Waals surface area contributed by atoms with Crippen LogP contribution in [0.1, 0.15) is 21.1 Å². The molecule has 1 N–H and O–H groups in total. The van der Waals surface area contributed by atoms with Gasteiger partial charge in [0.25, 0.3) is 5.91 Å². The number of carbonyl (C=O) groups is 1. The molecule has 10 heteroatoms. The highest BCUT2D eigenvalue weighted by Gasteiger charge is 2.22. The van der Waals surface area contributed by atoms with Crippen molar-refractivity contribution in [2.45, 2.75) is 13.5 Å². The summed E-state index contributed by atoms with van der Waals surface area (Å²) in [7, 11) is 3.08. The number of nitrogens with zero attached hydrogens (tertiary/aromatic N) is 3. The minimum Gasteiger partial charge on any atom is -0.480 e. The standard InChI is InChI=1S/C21H23FN4O4S/c1-12-17-20(29-3)24-16(11-28-2)25-21(17)31-18(12)19(27)23-13-4-5-15(14(22)10-13)26-6-8-30-9-7-26/h4-5,10H,6-9,11H2,1-3H3,(H,23,27). The largest absolute Gasteiger partial charge is 0.480 e. The molecule has 2 aromatic heterocycles. The van der Waals surface area contributed by atoms with Crippen molar-refractivity contribution in [3.05, 3.63) is 40.3 Å². The number of halogens is 1. The van der Waals surface area contributed by atoms with E-state index >= 15 is 0 Å². The molecule has 1 aliphatic rings. The molecule has 0 unspecified atom stereocenters. The molecule has 4 rings (SSSR count). The Labute approximate surface area is 183 Å². The molecule has 3 heterocycles. The average molecular weight is 447 g/mol. The number of morpholine rings is 1. The van der Waals surface area contributed by atoms with E-state index in [1.807, 2.05) is 11.8 Å². The summed E-state index contributed by atoms with van der Waals surface area (Å²) in [5, 5.41) is 3.47. The van der Waals surface area contributed by atoms with E-state index in [9.17, 15) is 9.18 Å². The normalized spacial score (nSPS) is 14.1. The molecule has 0 spiro atoms. The van der Waals surface area contributed by atoms with Crippen LogP contribution in [0.4, 0.5) is 15.8 Å². The van der Waals surface area contributed by atoms with E-state index in [1.54, 1.807) is 19.2 Å². The van der Waals surface area contributed by atoms with E-state index in [4.69, 9.17) is 14.2 Å². The maximum Gasteiger partial charge on any atom is 0.266 e. The molecule has 164 valence electrons. The van der Waals surface area contributed by atoms with Crippen LogP contribution in [0.15, 0.2) is 18.2 Å². The smallest absolute Gasteiger partial charge is 0.266 e. The Kier molecular flexibility index (Phi) is 6.30. The Bertz CT molecular complexity index is 1110. The molecule has 1 fully saturated rings. The molecule has 0 atom stereocenters. The van der Waals surface area contributed by atoms with E-state index in [0.29, 0.717) is 70.0 Å². The first-order chi connectivity index (χ1) is 15.0. The molecule has 31 heavy (non-hydrogen) atoms. The zero-order valence-electron chi connectivity index (χ0n) is 17.5. The number of methoxy groups -OCH3 is 2. The molecule has 0 saturated carbocycles. The van der Waals surface area contributed by atoms with Gasteiger partial charge in [0.1, 0.15) is 17.3 Å². The Balaban J connectivity index is 1.59. The van der Waals surface area contributed by atoms with Gasteiger partial charge in [0.2, 0.25) is 5.88 Å². The van der Waals surface area contributed by atoms with Crippen LogP contribution < -0.4 is 15.0 Å². The molecule has 1 aliphatic heterocycles. The second-order valence-corrected chi connectivity index (χ2v) is 8.04. The number of rotatable bonds is 6. The van der Waals surface area contributed by atoms with E-state index in [-0.39, 0.29) is 18.3 Å². The first-order valence-electron chi connectivity index (χ1n) is 9.78. The van der Waals surface area contributed by atoms with Gasteiger partial charge in [0, 0.05) is 25.9 Å². The Hall–Kier alpha value is -2.82. The third-order valence-electron chi connectivity index (χ3n) is 5.03. The highest BCUT2D eigenvalue weighted by atomic mass is 32.1. The second kappa shape index (κ2) is 9.13. The second-order valence-electron chi connectivity index (χ2n) is 7.04. The third kappa shape index (κ3) is 4.32. The third-order valence-corrected chi connectivity index (χ3v) is 6.22. The lowest BCUT2D eigenvalue weighted by atomic mass is 10.2. The van der Waals surface area contributed by atoms with E-state index in [1.165, 1.54) is 24.5 Å². The molecule has 1 amide bonds. The number of ether oxygens (including phenoxy) is 3. The van der Waals surface area contributed by atoms with E-state index < -0.39 is 0 Å². The van der Waals surface area contributed by atoms with Crippen molar-refractivity contribution in [2.24, 2.45) is 0 Å². The average Bonchev–Trinajstić information content (AvgIpc) is 3.11. The lowest BCUT2D eigenvalue weighted by Crippen LogP contribution is -2.36. The number of fused-ring (bicyclic) bond motifs is 1. The Morgan fingerprint density at radius 2 is 2.06 bits per heavy atom. The zero-order valence-corrected chi connectivity index (χ0v) is 18.3. The van der Waals surface area contributed by atoms with Gasteiger partial charge in [-0.2, -0.15) is 4.98 Å². The van der Waals surface area contributed by atoms with Gasteiger partial charge in [-0.1, -0.05) is 0 Å². The summed E-state index contributed by atoms with van der Waals surface area (Å²) in [6.07, 6.45) is 0. The maximum absolute atomic E-state index is 14.7. The number of thiophene rings is 1. The van der Waals surface area contributed by atoms with Crippen LogP contribution >= 0.6 is 11.3 Å². The Morgan fingerprint density at radius 1 is 1.29 bits per heavy atom. The first kappa shape index (κ1) is 21.4. The van der Waals surface area contributed by atoms with Crippen LogP contribution in [0.2, 0.25) is 0 Å². The summed E-state index contributed by atoms with van der Waals surface area (Å²) in [6, 6.07) is 4.72. The van der Waals surface area contributed by atoms with E-state index in [0.717, 1.165) is 0 Å². The molecule has 8 nitrogen and oxygen atoms in total. The number of carbonyl (C=O) groups excluding carboxylic acids is 1. The highest BCUT2D eigenvalue weighted by Crippen LogP contribution is 2.35. The summed E-state index contributed by atoms with van der Waals surface area (Å²) in [4.78, 5) is 24.8. The fourth-order valence-electron chi connectivity index (χ4n) is 3.54. The van der Waals surface area contributed by atoms with Gasteiger partial charge in [-0.05, 0) is 30.7 Å². The number of nitrogens with one attached hydrogen (secondary N) is 1. The minimum absolute atomic E-state index is 0.236. The number of hydrogen-bond acceptors (Lipinski definition) is 8. The van der Waals surface area contributed by atoms with Crippen molar-refractivity contribution < 1.29 is 23.4 Å².